The maximum Gasteiger partial charge on any atom is 0.273 e. The summed E-state index contributed by atoms with van der Waals surface area (Å²) >= 11 is 0. The predicted octanol–water partition coefficient (Wildman–Crippen LogP) is 2.29. The summed E-state index contributed by atoms with van der Waals surface area (Å²) in [7, 11) is 0. The van der Waals surface area contributed by atoms with Gasteiger partial charge in [-0.15, -0.1) is 0 Å². The molecule has 0 fully saturated rings. The van der Waals surface area contributed by atoms with Crippen LogP contribution in [0.3, 0.4) is 0 Å². The Morgan fingerprint density at radius 2 is 2.24 bits per heavy atom. The molecular weight excluding hydrogens is 280 g/mol. The molecule has 0 saturated carbocycles. The number of halogens is 2. The topological polar surface area (TPSA) is 81.1 Å². The molecule has 0 aliphatic rings. The van der Waals surface area contributed by atoms with E-state index in [-0.39, 0.29) is 29.7 Å². The van der Waals surface area contributed by atoms with Crippen molar-refractivity contribution in [3.05, 3.63) is 53.2 Å². The summed E-state index contributed by atoms with van der Waals surface area (Å²) in [6, 6.07) is 2.78. The molecule has 0 radical (unpaired) electrons. The smallest absolute Gasteiger partial charge is 0.273 e. The van der Waals surface area contributed by atoms with Crippen LogP contribution in [0.4, 0.5) is 8.78 Å². The third-order valence-corrected chi connectivity index (χ3v) is 2.97. The highest BCUT2D eigenvalue weighted by Gasteiger charge is 2.16. The second-order valence-electron chi connectivity index (χ2n) is 4.50. The quantitative estimate of drug-likeness (QED) is 0.886. The van der Waals surface area contributed by atoms with Gasteiger partial charge in [-0.25, -0.2) is 13.8 Å². The van der Waals surface area contributed by atoms with E-state index >= 15 is 0 Å². The molecule has 7 heteroatoms. The van der Waals surface area contributed by atoms with Gasteiger partial charge in [0.05, 0.1) is 6.04 Å². The van der Waals surface area contributed by atoms with Gasteiger partial charge in [-0.3, -0.25) is 4.79 Å². The number of oxazole rings is 1. The van der Waals surface area contributed by atoms with E-state index in [1.54, 1.807) is 0 Å². The third-order valence-electron chi connectivity index (χ3n) is 2.97. The molecule has 1 unspecified atom stereocenters. The minimum Gasteiger partial charge on any atom is -0.446 e. The van der Waals surface area contributed by atoms with Crippen LogP contribution in [0.2, 0.25) is 0 Å². The molecule has 1 atom stereocenters. The van der Waals surface area contributed by atoms with E-state index in [9.17, 15) is 13.6 Å². The van der Waals surface area contributed by atoms with Crippen LogP contribution in [0.5, 0.6) is 0 Å². The molecule has 0 aliphatic heterocycles. The lowest BCUT2D eigenvalue weighted by molar-refractivity contribution is 0.0945. The lowest BCUT2D eigenvalue weighted by Gasteiger charge is -2.04. The molecule has 0 spiro atoms. The van der Waals surface area contributed by atoms with Gasteiger partial charge < -0.3 is 15.5 Å². The molecule has 0 saturated heterocycles. The zero-order valence-electron chi connectivity index (χ0n) is 11.4. The largest absolute Gasteiger partial charge is 0.446 e. The van der Waals surface area contributed by atoms with Crippen LogP contribution in [0.1, 0.15) is 41.3 Å². The summed E-state index contributed by atoms with van der Waals surface area (Å²) in [5, 5.41) is 2.48. The number of aromatic nitrogens is 1. The van der Waals surface area contributed by atoms with Crippen LogP contribution < -0.4 is 11.1 Å². The summed E-state index contributed by atoms with van der Waals surface area (Å²) in [5.74, 6) is -1.63. The number of amides is 1. The average Bonchev–Trinajstić information content (AvgIpc) is 2.95. The SMILES string of the molecule is CCC(N)c1nc(C(=O)NCc2ccc(F)cc2F)co1. The van der Waals surface area contributed by atoms with Gasteiger partial charge in [-0.1, -0.05) is 13.0 Å². The first kappa shape index (κ1) is 15.1. The molecule has 21 heavy (non-hydrogen) atoms. The van der Waals surface area contributed by atoms with Gasteiger partial charge in [-0.05, 0) is 12.5 Å². The number of nitrogens with zero attached hydrogens (tertiary/aromatic N) is 1. The second-order valence-corrected chi connectivity index (χ2v) is 4.50. The van der Waals surface area contributed by atoms with Crippen molar-refractivity contribution in [2.45, 2.75) is 25.9 Å². The molecule has 112 valence electrons. The molecule has 2 rings (SSSR count). The Labute approximate surface area is 120 Å². The van der Waals surface area contributed by atoms with E-state index in [4.69, 9.17) is 10.2 Å². The Balaban J connectivity index is 2.00. The van der Waals surface area contributed by atoms with Crippen molar-refractivity contribution in [1.82, 2.24) is 10.3 Å². The minimum atomic E-state index is -0.718. The van der Waals surface area contributed by atoms with Crippen molar-refractivity contribution >= 4 is 5.91 Å². The number of hydrogen-bond donors (Lipinski definition) is 2. The average molecular weight is 295 g/mol. The normalized spacial score (nSPS) is 12.2. The fraction of sp³-hybridized carbons (Fsp3) is 0.286. The minimum absolute atomic E-state index is 0.0661. The fourth-order valence-corrected chi connectivity index (χ4v) is 1.67. The number of rotatable bonds is 5. The summed E-state index contributed by atoms with van der Waals surface area (Å²) < 4.78 is 31.3. The van der Waals surface area contributed by atoms with E-state index < -0.39 is 17.5 Å². The predicted molar refractivity (Wildman–Crippen MR) is 71.3 cm³/mol. The van der Waals surface area contributed by atoms with Gasteiger partial charge in [0.25, 0.3) is 5.91 Å². The van der Waals surface area contributed by atoms with Crippen LogP contribution in [0.25, 0.3) is 0 Å². The van der Waals surface area contributed by atoms with Crippen molar-refractivity contribution in [3.63, 3.8) is 0 Å². The third kappa shape index (κ3) is 3.63. The molecule has 1 heterocycles. The molecule has 1 amide bonds. The number of carbonyl (C=O) groups excluding carboxylic acids is 1. The van der Waals surface area contributed by atoms with E-state index in [2.05, 4.69) is 10.3 Å². The monoisotopic (exact) mass is 295 g/mol. The highest BCUT2D eigenvalue weighted by molar-refractivity contribution is 5.91. The van der Waals surface area contributed by atoms with E-state index in [1.165, 1.54) is 12.3 Å². The summed E-state index contributed by atoms with van der Waals surface area (Å²) in [5.41, 5.74) is 5.98. The number of carbonyl (C=O) groups is 1. The van der Waals surface area contributed by atoms with Gasteiger partial charge in [0.15, 0.2) is 5.69 Å². The highest BCUT2D eigenvalue weighted by atomic mass is 19.1. The maximum atomic E-state index is 13.4. The summed E-state index contributed by atoms with van der Waals surface area (Å²) in [6.45, 7) is 1.79. The summed E-state index contributed by atoms with van der Waals surface area (Å²) in [4.78, 5) is 15.8. The standard InChI is InChI=1S/C14H15F2N3O2/c1-2-11(17)14-19-12(7-21-14)13(20)18-6-8-3-4-9(15)5-10(8)16/h3-5,7,11H,2,6,17H2,1H3,(H,18,20). The molecule has 0 aliphatic carbocycles. The van der Waals surface area contributed by atoms with Crippen molar-refractivity contribution < 1.29 is 18.0 Å². The zero-order chi connectivity index (χ0) is 15.4. The van der Waals surface area contributed by atoms with Crippen molar-refractivity contribution in [2.75, 3.05) is 0 Å². The maximum absolute atomic E-state index is 13.4. The van der Waals surface area contributed by atoms with Gasteiger partial charge in [0.1, 0.15) is 17.9 Å². The molecule has 3 N–H and O–H groups in total. The molecular formula is C14H15F2N3O2. The van der Waals surface area contributed by atoms with Crippen molar-refractivity contribution in [3.8, 4) is 0 Å². The lowest BCUT2D eigenvalue weighted by atomic mass is 10.2. The van der Waals surface area contributed by atoms with Gasteiger partial charge in [-0.2, -0.15) is 0 Å². The van der Waals surface area contributed by atoms with Crippen LogP contribution in [-0.4, -0.2) is 10.9 Å². The Bertz CT molecular complexity index is 643. The number of benzene rings is 1. The molecule has 0 bridgehead atoms. The Morgan fingerprint density at radius 3 is 2.90 bits per heavy atom. The Kier molecular flexibility index (Phi) is 4.64. The van der Waals surface area contributed by atoms with Gasteiger partial charge >= 0.3 is 0 Å². The van der Waals surface area contributed by atoms with Crippen molar-refractivity contribution in [1.29, 1.82) is 0 Å². The Hall–Kier alpha value is -2.28. The number of nitrogens with two attached hydrogens (primary N) is 1. The van der Waals surface area contributed by atoms with Crippen molar-refractivity contribution in [2.24, 2.45) is 5.73 Å². The van der Waals surface area contributed by atoms with Crippen LogP contribution in [0, 0.1) is 11.6 Å². The van der Waals surface area contributed by atoms with E-state index in [1.807, 2.05) is 6.92 Å². The molecule has 1 aromatic carbocycles. The van der Waals surface area contributed by atoms with Gasteiger partial charge in [0.2, 0.25) is 5.89 Å². The van der Waals surface area contributed by atoms with E-state index in [0.29, 0.717) is 6.42 Å². The van der Waals surface area contributed by atoms with Crippen LogP contribution in [0.15, 0.2) is 28.9 Å². The molecule has 2 aromatic rings. The molecule has 5 nitrogen and oxygen atoms in total. The zero-order valence-corrected chi connectivity index (χ0v) is 11.4. The first-order valence-corrected chi connectivity index (χ1v) is 6.44. The van der Waals surface area contributed by atoms with Gasteiger partial charge in [0, 0.05) is 18.2 Å². The first-order chi connectivity index (χ1) is 10.0. The van der Waals surface area contributed by atoms with Crippen LogP contribution in [-0.2, 0) is 6.54 Å². The first-order valence-electron chi connectivity index (χ1n) is 6.44. The second kappa shape index (κ2) is 6.45. The fourth-order valence-electron chi connectivity index (χ4n) is 1.67. The number of nitrogens with one attached hydrogen (secondary N) is 1. The number of hydrogen-bond acceptors (Lipinski definition) is 4. The Morgan fingerprint density at radius 1 is 1.48 bits per heavy atom. The van der Waals surface area contributed by atoms with E-state index in [0.717, 1.165) is 12.1 Å². The summed E-state index contributed by atoms with van der Waals surface area (Å²) in [6.07, 6.45) is 1.82. The lowest BCUT2D eigenvalue weighted by Crippen LogP contribution is -2.24. The molecule has 1 aromatic heterocycles. The highest BCUT2D eigenvalue weighted by Crippen LogP contribution is 2.13. The van der Waals surface area contributed by atoms with Crippen LogP contribution >= 0.6 is 0 Å².